The third-order valence-corrected chi connectivity index (χ3v) is 3.83. The number of rotatable bonds is 6. The second kappa shape index (κ2) is 6.70. The van der Waals surface area contributed by atoms with Crippen LogP contribution in [-0.4, -0.2) is 11.7 Å². The summed E-state index contributed by atoms with van der Waals surface area (Å²) >= 11 is 0. The largest absolute Gasteiger partial charge is 0.322 e. The molecule has 0 aliphatic heterocycles. The first kappa shape index (κ1) is 15.5. The molecule has 0 fully saturated rings. The number of hydrogen-bond donors (Lipinski definition) is 1. The molecule has 0 bridgehead atoms. The van der Waals surface area contributed by atoms with E-state index in [9.17, 15) is 9.59 Å². The summed E-state index contributed by atoms with van der Waals surface area (Å²) in [5, 5.41) is 2.84. The van der Waals surface area contributed by atoms with Crippen LogP contribution in [0.3, 0.4) is 0 Å². The van der Waals surface area contributed by atoms with Gasteiger partial charge in [0, 0.05) is 11.5 Å². The lowest BCUT2D eigenvalue weighted by atomic mass is 10.0. The number of allylic oxidation sites excluding steroid dienone is 2. The zero-order chi connectivity index (χ0) is 15.4. The number of amides is 1. The van der Waals surface area contributed by atoms with Crippen LogP contribution in [0.25, 0.3) is 5.57 Å². The molecular formula is C18H23NO2. The number of Topliss-reactive ketones (excluding diaryl/α,β-unsaturated/α-hetero) is 1. The van der Waals surface area contributed by atoms with Gasteiger partial charge in [-0.05, 0) is 24.0 Å². The fourth-order valence-electron chi connectivity index (χ4n) is 2.56. The Hall–Kier alpha value is -1.90. The fourth-order valence-corrected chi connectivity index (χ4v) is 2.56. The summed E-state index contributed by atoms with van der Waals surface area (Å²) in [5.74, 6) is -0.281. The van der Waals surface area contributed by atoms with Crippen LogP contribution in [0.5, 0.6) is 0 Å². The van der Waals surface area contributed by atoms with E-state index >= 15 is 0 Å². The van der Waals surface area contributed by atoms with Crippen LogP contribution >= 0.6 is 0 Å². The zero-order valence-electron chi connectivity index (χ0n) is 13.0. The van der Waals surface area contributed by atoms with Gasteiger partial charge < -0.3 is 5.32 Å². The first-order valence-electron chi connectivity index (χ1n) is 7.74. The van der Waals surface area contributed by atoms with E-state index in [1.165, 1.54) is 0 Å². The van der Waals surface area contributed by atoms with Gasteiger partial charge in [0.15, 0.2) is 0 Å². The van der Waals surface area contributed by atoms with Gasteiger partial charge in [-0.25, -0.2) is 0 Å². The molecule has 21 heavy (non-hydrogen) atoms. The molecule has 0 saturated carbocycles. The molecule has 1 aromatic carbocycles. The minimum absolute atomic E-state index is 0.0499. The average molecular weight is 285 g/mol. The van der Waals surface area contributed by atoms with Crippen LogP contribution in [-0.2, 0) is 4.79 Å². The highest BCUT2D eigenvalue weighted by Crippen LogP contribution is 2.35. The van der Waals surface area contributed by atoms with Crippen LogP contribution in [0.2, 0.25) is 0 Å². The SMILES string of the molecule is CCCCCC1=C(NC(=O)C(C)C)C(=O)c2ccccc21. The van der Waals surface area contributed by atoms with Crippen molar-refractivity contribution < 1.29 is 9.59 Å². The Morgan fingerprint density at radius 1 is 1.14 bits per heavy atom. The zero-order valence-corrected chi connectivity index (χ0v) is 13.0. The molecule has 1 aromatic rings. The van der Waals surface area contributed by atoms with Gasteiger partial charge in [-0.15, -0.1) is 0 Å². The van der Waals surface area contributed by atoms with E-state index in [1.54, 1.807) is 0 Å². The smallest absolute Gasteiger partial charge is 0.227 e. The van der Waals surface area contributed by atoms with Crippen molar-refractivity contribution in [2.75, 3.05) is 0 Å². The van der Waals surface area contributed by atoms with Gasteiger partial charge in [0.25, 0.3) is 0 Å². The standard InChI is InChI=1S/C18H23NO2/c1-4-5-6-10-14-13-9-7-8-11-15(13)17(20)16(14)19-18(21)12(2)3/h7-9,11-12H,4-6,10H2,1-3H3,(H,19,20,21). The number of hydrogen-bond acceptors (Lipinski definition) is 2. The van der Waals surface area contributed by atoms with Crippen LogP contribution in [0.4, 0.5) is 0 Å². The third kappa shape index (κ3) is 3.23. The van der Waals surface area contributed by atoms with E-state index in [-0.39, 0.29) is 17.6 Å². The van der Waals surface area contributed by atoms with E-state index in [4.69, 9.17) is 0 Å². The summed E-state index contributed by atoms with van der Waals surface area (Å²) in [5.41, 5.74) is 3.18. The second-order valence-corrected chi connectivity index (χ2v) is 5.83. The summed E-state index contributed by atoms with van der Waals surface area (Å²) < 4.78 is 0. The van der Waals surface area contributed by atoms with Crippen molar-refractivity contribution in [2.45, 2.75) is 46.5 Å². The fraction of sp³-hybridized carbons (Fsp3) is 0.444. The molecule has 1 N–H and O–H groups in total. The predicted octanol–water partition coefficient (Wildman–Crippen LogP) is 3.95. The van der Waals surface area contributed by atoms with Crippen molar-refractivity contribution >= 4 is 17.3 Å². The van der Waals surface area contributed by atoms with E-state index < -0.39 is 0 Å². The minimum Gasteiger partial charge on any atom is -0.322 e. The Morgan fingerprint density at radius 3 is 2.43 bits per heavy atom. The molecule has 0 unspecified atom stereocenters. The first-order valence-corrected chi connectivity index (χ1v) is 7.74. The van der Waals surface area contributed by atoms with Crippen molar-refractivity contribution in [3.05, 3.63) is 41.1 Å². The maximum atomic E-state index is 12.5. The Labute approximate surface area is 126 Å². The third-order valence-electron chi connectivity index (χ3n) is 3.83. The molecule has 0 aromatic heterocycles. The maximum Gasteiger partial charge on any atom is 0.227 e. The van der Waals surface area contributed by atoms with Crippen molar-refractivity contribution in [3.8, 4) is 0 Å². The number of benzene rings is 1. The summed E-state index contributed by atoms with van der Waals surface area (Å²) in [6.45, 7) is 5.82. The Morgan fingerprint density at radius 2 is 1.81 bits per heavy atom. The number of ketones is 1. The monoisotopic (exact) mass is 285 g/mol. The molecule has 0 atom stereocenters. The predicted molar refractivity (Wildman–Crippen MR) is 84.8 cm³/mol. The highest BCUT2D eigenvalue weighted by atomic mass is 16.2. The van der Waals surface area contributed by atoms with Gasteiger partial charge in [0.2, 0.25) is 11.7 Å². The normalized spacial score (nSPS) is 13.8. The van der Waals surface area contributed by atoms with Gasteiger partial charge in [-0.1, -0.05) is 57.9 Å². The Bertz CT molecular complexity index is 585. The van der Waals surface area contributed by atoms with Crippen molar-refractivity contribution in [1.82, 2.24) is 5.32 Å². The second-order valence-electron chi connectivity index (χ2n) is 5.83. The van der Waals surface area contributed by atoms with Gasteiger partial charge >= 0.3 is 0 Å². The molecule has 3 heteroatoms. The van der Waals surface area contributed by atoms with Crippen molar-refractivity contribution in [3.63, 3.8) is 0 Å². The van der Waals surface area contributed by atoms with Gasteiger partial charge in [0.1, 0.15) is 0 Å². The summed E-state index contributed by atoms with van der Waals surface area (Å²) in [4.78, 5) is 24.5. The lowest BCUT2D eigenvalue weighted by molar-refractivity contribution is -0.123. The summed E-state index contributed by atoms with van der Waals surface area (Å²) in [7, 11) is 0. The molecule has 1 aliphatic rings. The van der Waals surface area contributed by atoms with E-state index in [2.05, 4.69) is 12.2 Å². The molecule has 0 spiro atoms. The average Bonchev–Trinajstić information content (AvgIpc) is 2.73. The first-order chi connectivity index (χ1) is 10.1. The maximum absolute atomic E-state index is 12.5. The lowest BCUT2D eigenvalue weighted by Crippen LogP contribution is -2.30. The van der Waals surface area contributed by atoms with Crippen LogP contribution < -0.4 is 5.32 Å². The molecule has 112 valence electrons. The summed E-state index contributed by atoms with van der Waals surface area (Å²) in [6, 6.07) is 7.63. The van der Waals surface area contributed by atoms with Crippen LogP contribution in [0, 0.1) is 5.92 Å². The topological polar surface area (TPSA) is 46.2 Å². The number of carbonyl (C=O) groups is 2. The van der Waals surface area contributed by atoms with Crippen LogP contribution in [0.15, 0.2) is 30.0 Å². The van der Waals surface area contributed by atoms with E-state index in [1.807, 2.05) is 38.1 Å². The molecule has 2 rings (SSSR count). The number of fused-ring (bicyclic) bond motifs is 1. The number of carbonyl (C=O) groups excluding carboxylic acids is 2. The highest BCUT2D eigenvalue weighted by molar-refractivity contribution is 6.21. The summed E-state index contributed by atoms with van der Waals surface area (Å²) in [6.07, 6.45) is 4.14. The molecule has 1 amide bonds. The lowest BCUT2D eigenvalue weighted by Gasteiger charge is -2.11. The van der Waals surface area contributed by atoms with Gasteiger partial charge in [-0.2, -0.15) is 0 Å². The minimum atomic E-state index is -0.133. The van der Waals surface area contributed by atoms with E-state index in [0.717, 1.165) is 36.8 Å². The van der Waals surface area contributed by atoms with E-state index in [0.29, 0.717) is 11.3 Å². The number of nitrogens with one attached hydrogen (secondary N) is 1. The Balaban J connectivity index is 2.33. The highest BCUT2D eigenvalue weighted by Gasteiger charge is 2.30. The van der Waals surface area contributed by atoms with Gasteiger partial charge in [0.05, 0.1) is 5.70 Å². The molecule has 0 saturated heterocycles. The Kier molecular flexibility index (Phi) is 4.94. The van der Waals surface area contributed by atoms with Gasteiger partial charge in [-0.3, -0.25) is 9.59 Å². The quantitative estimate of drug-likeness (QED) is 0.804. The molecule has 0 heterocycles. The molecule has 3 nitrogen and oxygen atoms in total. The molecule has 1 aliphatic carbocycles. The van der Waals surface area contributed by atoms with Crippen LogP contribution in [0.1, 0.15) is 62.4 Å². The molecular weight excluding hydrogens is 262 g/mol. The number of unbranched alkanes of at least 4 members (excludes halogenated alkanes) is 2. The molecule has 0 radical (unpaired) electrons. The van der Waals surface area contributed by atoms with Crippen molar-refractivity contribution in [1.29, 1.82) is 0 Å². The van der Waals surface area contributed by atoms with Crippen molar-refractivity contribution in [2.24, 2.45) is 5.92 Å².